The molecule has 27 heavy (non-hydrogen) atoms. The second kappa shape index (κ2) is 8.25. The third kappa shape index (κ3) is 6.61. The summed E-state index contributed by atoms with van der Waals surface area (Å²) in [6.07, 6.45) is 3.30. The van der Waals surface area contributed by atoms with Crippen LogP contribution in [0.2, 0.25) is 36.3 Å². The molecule has 0 aliphatic heterocycles. The van der Waals surface area contributed by atoms with Crippen LogP contribution in [0, 0.1) is 0 Å². The van der Waals surface area contributed by atoms with Crippen LogP contribution in [-0.4, -0.2) is 22.6 Å². The van der Waals surface area contributed by atoms with E-state index in [1.54, 1.807) is 6.08 Å². The Labute approximate surface area is 175 Å². The van der Waals surface area contributed by atoms with Gasteiger partial charge in [0.2, 0.25) is 0 Å². The van der Waals surface area contributed by atoms with Crippen molar-refractivity contribution in [2.75, 3.05) is 0 Å². The molecule has 1 rings (SSSR count). The van der Waals surface area contributed by atoms with Crippen LogP contribution in [0.3, 0.4) is 0 Å². The quantitative estimate of drug-likeness (QED) is 0.332. The molecule has 3 nitrogen and oxygen atoms in total. The van der Waals surface area contributed by atoms with Gasteiger partial charge >= 0.3 is 5.97 Å². The SMILES string of the molecule is CC(C)(C)[Si](C)(C)OC(=O)/C=C/c1ccc(O[Si](C)(C)C(C)(C)C)c(Br)c1. The minimum atomic E-state index is -2.10. The molecule has 0 saturated heterocycles. The van der Waals surface area contributed by atoms with Gasteiger partial charge in [0.25, 0.3) is 16.6 Å². The Kier molecular flexibility index (Phi) is 7.39. The smallest absolute Gasteiger partial charge is 0.317 e. The van der Waals surface area contributed by atoms with E-state index in [0.717, 1.165) is 15.8 Å². The molecule has 0 amide bonds. The fraction of sp³-hybridized carbons (Fsp3) is 0.571. The van der Waals surface area contributed by atoms with Crippen LogP contribution < -0.4 is 4.43 Å². The van der Waals surface area contributed by atoms with E-state index in [4.69, 9.17) is 8.85 Å². The molecule has 0 atom stereocenters. The summed E-state index contributed by atoms with van der Waals surface area (Å²) in [6.45, 7) is 21.6. The van der Waals surface area contributed by atoms with E-state index in [-0.39, 0.29) is 16.0 Å². The Morgan fingerprint density at radius 2 is 1.48 bits per heavy atom. The molecule has 0 radical (unpaired) electrons. The van der Waals surface area contributed by atoms with Gasteiger partial charge in [0.05, 0.1) is 4.47 Å². The summed E-state index contributed by atoms with van der Waals surface area (Å²) in [7, 11) is -3.99. The van der Waals surface area contributed by atoms with Gasteiger partial charge in [-0.2, -0.15) is 0 Å². The Morgan fingerprint density at radius 1 is 0.963 bits per heavy atom. The Morgan fingerprint density at radius 3 is 1.93 bits per heavy atom. The predicted octanol–water partition coefficient (Wildman–Crippen LogP) is 7.39. The monoisotopic (exact) mass is 470 g/mol. The molecule has 0 saturated carbocycles. The lowest BCUT2D eigenvalue weighted by molar-refractivity contribution is -0.129. The summed E-state index contributed by atoms with van der Waals surface area (Å²) in [4.78, 5) is 12.2. The third-order valence-electron chi connectivity index (χ3n) is 5.70. The number of hydrogen-bond acceptors (Lipinski definition) is 3. The molecule has 152 valence electrons. The van der Waals surface area contributed by atoms with Crippen molar-refractivity contribution >= 4 is 44.6 Å². The predicted molar refractivity (Wildman–Crippen MR) is 124 cm³/mol. The van der Waals surface area contributed by atoms with Crippen LogP contribution in [0.5, 0.6) is 5.75 Å². The zero-order chi connectivity index (χ0) is 21.3. The lowest BCUT2D eigenvalue weighted by Crippen LogP contribution is -2.43. The van der Waals surface area contributed by atoms with Gasteiger partial charge < -0.3 is 8.85 Å². The van der Waals surface area contributed by atoms with E-state index < -0.39 is 16.6 Å². The average Bonchev–Trinajstić information content (AvgIpc) is 2.44. The summed E-state index contributed by atoms with van der Waals surface area (Å²) >= 11 is 3.60. The van der Waals surface area contributed by atoms with E-state index in [2.05, 4.69) is 83.7 Å². The number of hydrogen-bond donors (Lipinski definition) is 0. The van der Waals surface area contributed by atoms with Crippen molar-refractivity contribution in [2.45, 2.75) is 77.8 Å². The topological polar surface area (TPSA) is 35.5 Å². The van der Waals surface area contributed by atoms with E-state index >= 15 is 0 Å². The zero-order valence-corrected chi connectivity index (χ0v) is 22.1. The maximum Gasteiger partial charge on any atom is 0.317 e. The first-order chi connectivity index (χ1) is 12.0. The van der Waals surface area contributed by atoms with E-state index in [0.29, 0.717) is 0 Å². The Hall–Kier alpha value is -0.856. The fourth-order valence-electron chi connectivity index (χ4n) is 1.73. The standard InChI is InChI=1S/C21H35BrO3Si2/c1-20(2,3)26(7,8)24-18-13-11-16(15-17(18)22)12-14-19(23)25-27(9,10)21(4,5)6/h11-15H,1-10H3/b14-12+. The number of benzene rings is 1. The molecule has 0 aliphatic rings. The van der Waals surface area contributed by atoms with Gasteiger partial charge in [-0.1, -0.05) is 47.6 Å². The molecule has 0 spiro atoms. The van der Waals surface area contributed by atoms with Gasteiger partial charge in [0.1, 0.15) is 5.75 Å². The normalized spacial score (nSPS) is 13.7. The van der Waals surface area contributed by atoms with Crippen molar-refractivity contribution in [3.63, 3.8) is 0 Å². The fourth-order valence-corrected chi connectivity index (χ4v) is 4.27. The first kappa shape index (κ1) is 24.2. The molecule has 0 unspecified atom stereocenters. The molecule has 1 aromatic rings. The molecule has 0 heterocycles. The van der Waals surface area contributed by atoms with Crippen molar-refractivity contribution in [2.24, 2.45) is 0 Å². The molecule has 0 N–H and O–H groups in total. The molecule has 1 aromatic carbocycles. The molecule has 0 aliphatic carbocycles. The van der Waals surface area contributed by atoms with Gasteiger partial charge in [-0.25, -0.2) is 4.79 Å². The van der Waals surface area contributed by atoms with Gasteiger partial charge in [0, 0.05) is 6.08 Å². The summed E-state index contributed by atoms with van der Waals surface area (Å²) < 4.78 is 13.0. The van der Waals surface area contributed by atoms with E-state index in [9.17, 15) is 4.79 Å². The number of carbonyl (C=O) groups excluding carboxylic acids is 1. The van der Waals surface area contributed by atoms with E-state index in [1.165, 1.54) is 6.08 Å². The lowest BCUT2D eigenvalue weighted by Gasteiger charge is -2.36. The lowest BCUT2D eigenvalue weighted by atomic mass is 10.2. The zero-order valence-electron chi connectivity index (χ0n) is 18.5. The minimum Gasteiger partial charge on any atom is -0.543 e. The number of halogens is 1. The van der Waals surface area contributed by atoms with Crippen molar-refractivity contribution in [3.05, 3.63) is 34.3 Å². The molecule has 0 fully saturated rings. The van der Waals surface area contributed by atoms with Crippen molar-refractivity contribution in [1.82, 2.24) is 0 Å². The van der Waals surface area contributed by atoms with E-state index in [1.807, 2.05) is 18.2 Å². The molecule has 0 aromatic heterocycles. The van der Waals surface area contributed by atoms with Crippen molar-refractivity contribution in [1.29, 1.82) is 0 Å². The maximum atomic E-state index is 12.2. The minimum absolute atomic E-state index is 0.00224. The summed E-state index contributed by atoms with van der Waals surface area (Å²) in [5.41, 5.74) is 0.927. The third-order valence-corrected chi connectivity index (χ3v) is 15.0. The van der Waals surface area contributed by atoms with Crippen LogP contribution in [0.25, 0.3) is 6.08 Å². The van der Waals surface area contributed by atoms with Gasteiger partial charge in [-0.05, 0) is 76.0 Å². The maximum absolute atomic E-state index is 12.2. The number of rotatable bonds is 5. The van der Waals surface area contributed by atoms with Gasteiger partial charge in [0.15, 0.2) is 0 Å². The first-order valence-electron chi connectivity index (χ1n) is 9.36. The highest BCUT2D eigenvalue weighted by molar-refractivity contribution is 9.10. The van der Waals surface area contributed by atoms with Crippen LogP contribution >= 0.6 is 15.9 Å². The summed E-state index contributed by atoms with van der Waals surface area (Å²) in [5, 5.41) is 0.140. The first-order valence-corrected chi connectivity index (χ1v) is 16.0. The highest BCUT2D eigenvalue weighted by Crippen LogP contribution is 2.39. The average molecular weight is 472 g/mol. The highest BCUT2D eigenvalue weighted by Gasteiger charge is 2.40. The van der Waals surface area contributed by atoms with Crippen LogP contribution in [0.4, 0.5) is 0 Å². The molecular formula is C21H35BrO3Si2. The Balaban J connectivity index is 2.89. The van der Waals surface area contributed by atoms with Gasteiger partial charge in [-0.3, -0.25) is 0 Å². The number of carbonyl (C=O) groups is 1. The second-order valence-electron chi connectivity index (χ2n) is 10.1. The molecule has 6 heteroatoms. The summed E-state index contributed by atoms with van der Waals surface area (Å²) in [6, 6.07) is 5.89. The molecule has 0 bridgehead atoms. The van der Waals surface area contributed by atoms with Crippen molar-refractivity contribution in [3.8, 4) is 5.75 Å². The van der Waals surface area contributed by atoms with Gasteiger partial charge in [-0.15, -0.1) is 0 Å². The van der Waals surface area contributed by atoms with Crippen molar-refractivity contribution < 1.29 is 13.6 Å². The Bertz CT molecular complexity index is 711. The largest absolute Gasteiger partial charge is 0.543 e. The van der Waals surface area contributed by atoms with Crippen LogP contribution in [-0.2, 0) is 9.22 Å². The highest BCUT2D eigenvalue weighted by atomic mass is 79.9. The van der Waals surface area contributed by atoms with Crippen LogP contribution in [0.15, 0.2) is 28.7 Å². The van der Waals surface area contributed by atoms with Crippen LogP contribution in [0.1, 0.15) is 47.1 Å². The summed E-state index contributed by atoms with van der Waals surface area (Å²) in [5.74, 6) is 0.571. The second-order valence-corrected chi connectivity index (χ2v) is 20.4. The molecular weight excluding hydrogens is 436 g/mol.